The Morgan fingerprint density at radius 1 is 1.20 bits per heavy atom. The van der Waals surface area contributed by atoms with Crippen molar-refractivity contribution in [2.75, 3.05) is 5.32 Å². The van der Waals surface area contributed by atoms with Gasteiger partial charge < -0.3 is 10.4 Å². The maximum absolute atomic E-state index is 12.0. The summed E-state index contributed by atoms with van der Waals surface area (Å²) in [7, 11) is 0. The molecule has 0 radical (unpaired) electrons. The summed E-state index contributed by atoms with van der Waals surface area (Å²) in [6.45, 7) is 0. The van der Waals surface area contributed by atoms with Crippen LogP contribution in [-0.2, 0) is 11.2 Å². The van der Waals surface area contributed by atoms with E-state index in [0.717, 1.165) is 4.47 Å². The maximum atomic E-state index is 12.0. The highest BCUT2D eigenvalue weighted by Gasteiger charge is 2.12. The summed E-state index contributed by atoms with van der Waals surface area (Å²) in [6, 6.07) is 9.94. The van der Waals surface area contributed by atoms with E-state index in [4.69, 9.17) is 23.2 Å². The molecule has 0 heterocycles. The van der Waals surface area contributed by atoms with E-state index >= 15 is 0 Å². The van der Waals surface area contributed by atoms with Crippen molar-refractivity contribution in [1.82, 2.24) is 0 Å². The Balaban J connectivity index is 2.15. The lowest BCUT2D eigenvalue weighted by atomic mass is 10.1. The van der Waals surface area contributed by atoms with Crippen LogP contribution >= 0.6 is 39.1 Å². The molecule has 2 aromatic rings. The number of aromatic hydroxyl groups is 1. The third kappa shape index (κ3) is 3.66. The Bertz CT molecular complexity index is 638. The van der Waals surface area contributed by atoms with E-state index in [1.165, 1.54) is 6.07 Å². The molecule has 0 aliphatic rings. The fourth-order valence-electron chi connectivity index (χ4n) is 1.68. The van der Waals surface area contributed by atoms with Crippen LogP contribution in [0.2, 0.25) is 10.0 Å². The number of anilines is 1. The van der Waals surface area contributed by atoms with Gasteiger partial charge in [0.25, 0.3) is 0 Å². The van der Waals surface area contributed by atoms with Crippen LogP contribution < -0.4 is 5.32 Å². The number of rotatable bonds is 3. The highest BCUT2D eigenvalue weighted by atomic mass is 79.9. The molecule has 1 amide bonds. The fraction of sp³-hybridized carbons (Fsp3) is 0.0714. The number of nitrogens with one attached hydrogen (secondary N) is 1. The molecule has 0 aromatic heterocycles. The number of carbonyl (C=O) groups is 1. The zero-order chi connectivity index (χ0) is 14.7. The molecule has 0 saturated carbocycles. The number of amides is 1. The van der Waals surface area contributed by atoms with E-state index in [1.54, 1.807) is 30.3 Å². The van der Waals surface area contributed by atoms with Crippen molar-refractivity contribution in [2.45, 2.75) is 6.42 Å². The normalized spacial score (nSPS) is 10.3. The molecule has 0 atom stereocenters. The predicted octanol–water partition coefficient (Wildman–Crippen LogP) is 4.64. The molecular formula is C14H10BrCl2NO2. The average molecular weight is 375 g/mol. The second-order valence-electron chi connectivity index (χ2n) is 4.10. The van der Waals surface area contributed by atoms with Crippen LogP contribution in [0.5, 0.6) is 5.75 Å². The Kier molecular flexibility index (Phi) is 4.91. The van der Waals surface area contributed by atoms with E-state index in [-0.39, 0.29) is 18.1 Å². The minimum atomic E-state index is -0.308. The molecule has 0 bridgehead atoms. The molecule has 0 spiro atoms. The lowest BCUT2D eigenvalue weighted by molar-refractivity contribution is -0.115. The van der Waals surface area contributed by atoms with Gasteiger partial charge in [-0.15, -0.1) is 0 Å². The van der Waals surface area contributed by atoms with Gasteiger partial charge in [-0.05, 0) is 18.2 Å². The minimum Gasteiger partial charge on any atom is -0.508 e. The van der Waals surface area contributed by atoms with Gasteiger partial charge in [-0.1, -0.05) is 57.3 Å². The number of phenolic OH excluding ortho intramolecular Hbond substituents is 1. The first kappa shape index (κ1) is 15.2. The Morgan fingerprint density at radius 3 is 2.40 bits per heavy atom. The van der Waals surface area contributed by atoms with Gasteiger partial charge in [-0.2, -0.15) is 0 Å². The zero-order valence-corrected chi connectivity index (χ0v) is 13.3. The lowest BCUT2D eigenvalue weighted by Gasteiger charge is -2.10. The first-order chi connectivity index (χ1) is 9.47. The van der Waals surface area contributed by atoms with Crippen LogP contribution in [0.25, 0.3) is 0 Å². The molecule has 0 aliphatic heterocycles. The van der Waals surface area contributed by atoms with Crippen LogP contribution in [0.4, 0.5) is 5.69 Å². The van der Waals surface area contributed by atoms with Crippen molar-refractivity contribution in [1.29, 1.82) is 0 Å². The monoisotopic (exact) mass is 373 g/mol. The van der Waals surface area contributed by atoms with Crippen LogP contribution in [0.15, 0.2) is 40.9 Å². The lowest BCUT2D eigenvalue weighted by Crippen LogP contribution is -2.15. The summed E-state index contributed by atoms with van der Waals surface area (Å²) >= 11 is 15.3. The first-order valence-electron chi connectivity index (χ1n) is 5.68. The van der Waals surface area contributed by atoms with Gasteiger partial charge in [-0.25, -0.2) is 0 Å². The minimum absolute atomic E-state index is 0.0371. The van der Waals surface area contributed by atoms with Crippen LogP contribution in [0.1, 0.15) is 5.56 Å². The van der Waals surface area contributed by atoms with Crippen molar-refractivity contribution < 1.29 is 9.90 Å². The second-order valence-corrected chi connectivity index (χ2v) is 5.83. The maximum Gasteiger partial charge on any atom is 0.229 e. The summed E-state index contributed by atoms with van der Waals surface area (Å²) in [4.78, 5) is 12.0. The predicted molar refractivity (Wildman–Crippen MR) is 84.6 cm³/mol. The topological polar surface area (TPSA) is 49.3 Å². The van der Waals surface area contributed by atoms with Crippen LogP contribution in [-0.4, -0.2) is 11.0 Å². The van der Waals surface area contributed by atoms with Gasteiger partial charge in [0.15, 0.2) is 0 Å². The van der Waals surface area contributed by atoms with Gasteiger partial charge in [0.1, 0.15) is 5.75 Å². The highest BCUT2D eigenvalue weighted by molar-refractivity contribution is 9.10. The van der Waals surface area contributed by atoms with E-state index in [2.05, 4.69) is 21.2 Å². The fourth-order valence-corrected chi connectivity index (χ4v) is 2.98. The molecule has 3 nitrogen and oxygen atoms in total. The zero-order valence-electron chi connectivity index (χ0n) is 10.2. The number of phenols is 1. The van der Waals surface area contributed by atoms with Crippen LogP contribution in [0.3, 0.4) is 0 Å². The molecule has 0 fully saturated rings. The van der Waals surface area contributed by atoms with E-state index in [9.17, 15) is 9.90 Å². The Hall–Kier alpha value is -1.23. The molecule has 6 heteroatoms. The summed E-state index contributed by atoms with van der Waals surface area (Å²) < 4.78 is 0.728. The molecule has 104 valence electrons. The van der Waals surface area contributed by atoms with E-state index in [0.29, 0.717) is 21.3 Å². The molecule has 2 aromatic carbocycles. The smallest absolute Gasteiger partial charge is 0.229 e. The number of hydrogen-bond acceptors (Lipinski definition) is 2. The quantitative estimate of drug-likeness (QED) is 0.821. The molecule has 20 heavy (non-hydrogen) atoms. The number of hydrogen-bond donors (Lipinski definition) is 2. The number of halogens is 3. The first-order valence-corrected chi connectivity index (χ1v) is 7.23. The SMILES string of the molecule is O=C(Cc1ccccc1O)Nc1c(Cl)cc(Br)cc1Cl. The molecule has 2 rings (SSSR count). The molecule has 0 aliphatic carbocycles. The van der Waals surface area contributed by atoms with Gasteiger partial charge >= 0.3 is 0 Å². The van der Waals surface area contributed by atoms with Gasteiger partial charge in [-0.3, -0.25) is 4.79 Å². The van der Waals surface area contributed by atoms with Gasteiger partial charge in [0.05, 0.1) is 22.2 Å². The molecular weight excluding hydrogens is 365 g/mol. The Labute approximate surface area is 134 Å². The summed E-state index contributed by atoms with van der Waals surface area (Å²) in [5.74, 6) is -0.228. The van der Waals surface area contributed by atoms with Crippen LogP contribution in [0, 0.1) is 0 Å². The summed E-state index contributed by atoms with van der Waals surface area (Å²) in [6.07, 6.45) is 0.0371. The summed E-state index contributed by atoms with van der Waals surface area (Å²) in [5, 5.41) is 13.0. The third-order valence-electron chi connectivity index (χ3n) is 2.61. The number of carbonyl (C=O) groups excluding carboxylic acids is 1. The molecule has 0 saturated heterocycles. The van der Waals surface area contributed by atoms with E-state index < -0.39 is 0 Å². The second kappa shape index (κ2) is 6.48. The summed E-state index contributed by atoms with van der Waals surface area (Å²) in [5.41, 5.74) is 0.895. The van der Waals surface area contributed by atoms with Crippen molar-refractivity contribution in [3.05, 3.63) is 56.5 Å². The standard InChI is InChI=1S/C14H10BrCl2NO2/c15-9-6-10(16)14(11(17)7-9)18-13(20)5-8-3-1-2-4-12(8)19/h1-4,6-7,19H,5H2,(H,18,20). The largest absolute Gasteiger partial charge is 0.508 e. The van der Waals surface area contributed by atoms with Gasteiger partial charge in [0, 0.05) is 10.0 Å². The van der Waals surface area contributed by atoms with Crippen molar-refractivity contribution in [2.24, 2.45) is 0 Å². The molecule has 0 unspecified atom stereocenters. The number of benzene rings is 2. The average Bonchev–Trinajstić information content (AvgIpc) is 2.36. The van der Waals surface area contributed by atoms with Crippen molar-refractivity contribution in [3.8, 4) is 5.75 Å². The van der Waals surface area contributed by atoms with Crippen molar-refractivity contribution in [3.63, 3.8) is 0 Å². The number of para-hydroxylation sites is 1. The molecule has 2 N–H and O–H groups in total. The highest BCUT2D eigenvalue weighted by Crippen LogP contribution is 2.34. The van der Waals surface area contributed by atoms with Gasteiger partial charge in [0.2, 0.25) is 5.91 Å². The van der Waals surface area contributed by atoms with E-state index in [1.807, 2.05) is 0 Å². The third-order valence-corrected chi connectivity index (χ3v) is 3.67. The van der Waals surface area contributed by atoms with Crippen molar-refractivity contribution >= 4 is 50.7 Å². The Morgan fingerprint density at radius 2 is 1.80 bits per heavy atom.